The Morgan fingerprint density at radius 2 is 1.54 bits per heavy atom. The second kappa shape index (κ2) is 10.9. The summed E-state index contributed by atoms with van der Waals surface area (Å²) >= 11 is 9.90. The van der Waals surface area contributed by atoms with Crippen LogP contribution in [0.1, 0.15) is 34.2 Å². The van der Waals surface area contributed by atoms with E-state index >= 15 is 0 Å². The van der Waals surface area contributed by atoms with Gasteiger partial charge in [-0.25, -0.2) is 0 Å². The topological polar surface area (TPSA) is 57.7 Å². The lowest BCUT2D eigenvalue weighted by Crippen LogP contribution is -2.49. The molecule has 206 valence electrons. The number of halogens is 2. The summed E-state index contributed by atoms with van der Waals surface area (Å²) in [4.78, 5) is 45.7. The molecule has 7 heteroatoms. The molecule has 0 saturated carbocycles. The van der Waals surface area contributed by atoms with Gasteiger partial charge in [0.1, 0.15) is 0 Å². The molecule has 2 aliphatic rings. The average molecular weight is 628 g/mol. The zero-order chi connectivity index (χ0) is 28.7. The highest BCUT2D eigenvalue weighted by molar-refractivity contribution is 9.10. The van der Waals surface area contributed by atoms with Crippen LogP contribution in [0.5, 0.6) is 0 Å². The Labute approximate surface area is 252 Å². The van der Waals surface area contributed by atoms with Crippen LogP contribution < -0.4 is 4.90 Å². The number of fused-ring (bicyclic) bond motifs is 1. The van der Waals surface area contributed by atoms with E-state index in [4.69, 9.17) is 11.6 Å². The molecule has 2 atom stereocenters. The van der Waals surface area contributed by atoms with Crippen molar-refractivity contribution >= 4 is 50.9 Å². The lowest BCUT2D eigenvalue weighted by Gasteiger charge is -2.34. The molecule has 0 radical (unpaired) electrons. The van der Waals surface area contributed by atoms with Gasteiger partial charge >= 0.3 is 0 Å². The Morgan fingerprint density at radius 3 is 2.27 bits per heavy atom. The first-order chi connectivity index (χ1) is 19.8. The summed E-state index contributed by atoms with van der Waals surface area (Å²) in [5.41, 5.74) is 3.92. The van der Waals surface area contributed by atoms with Crippen LogP contribution in [0, 0.1) is 12.8 Å². The molecule has 4 aromatic rings. The Hall–Kier alpha value is -3.74. The van der Waals surface area contributed by atoms with E-state index in [1.54, 1.807) is 11.0 Å². The third-order valence-electron chi connectivity index (χ3n) is 8.26. The summed E-state index contributed by atoms with van der Waals surface area (Å²) in [5, 5.41) is 0.494. The van der Waals surface area contributed by atoms with Gasteiger partial charge in [0, 0.05) is 21.6 Å². The SMILES string of the molecule is Cc1ccc2c(c1)[C@](Cc1ccc(Br)cc1)([C@H]1CC(=O)N(Cc3ccccc3Cl)C1=O)C(=O)N2Cc1ccccc1. The third kappa shape index (κ3) is 4.89. The minimum atomic E-state index is -1.24. The van der Waals surface area contributed by atoms with Gasteiger partial charge in [0.05, 0.1) is 24.4 Å². The summed E-state index contributed by atoms with van der Waals surface area (Å²) < 4.78 is 0.924. The minimum Gasteiger partial charge on any atom is -0.307 e. The highest BCUT2D eigenvalue weighted by Crippen LogP contribution is 2.52. The van der Waals surface area contributed by atoms with Crippen LogP contribution >= 0.6 is 27.5 Å². The summed E-state index contributed by atoms with van der Waals surface area (Å²) in [5.74, 6) is -1.64. The molecule has 3 amide bonds. The number of nitrogens with zero attached hydrogens (tertiary/aromatic N) is 2. The number of anilines is 1. The van der Waals surface area contributed by atoms with E-state index in [1.807, 2.05) is 97.9 Å². The highest BCUT2D eigenvalue weighted by atomic mass is 79.9. The first-order valence-corrected chi connectivity index (χ1v) is 14.7. The fraction of sp³-hybridized carbons (Fsp3) is 0.206. The fourth-order valence-electron chi connectivity index (χ4n) is 6.22. The molecule has 4 aromatic carbocycles. The molecule has 2 heterocycles. The Bertz CT molecular complexity index is 1660. The van der Waals surface area contributed by atoms with Crippen LogP contribution in [-0.4, -0.2) is 22.6 Å². The molecular formula is C34H28BrClN2O3. The van der Waals surface area contributed by atoms with E-state index in [0.29, 0.717) is 23.6 Å². The van der Waals surface area contributed by atoms with Crippen LogP contribution in [0.4, 0.5) is 5.69 Å². The molecule has 0 aromatic heterocycles. The lowest BCUT2D eigenvalue weighted by molar-refractivity contribution is -0.142. The van der Waals surface area contributed by atoms with Crippen LogP contribution in [0.25, 0.3) is 0 Å². The van der Waals surface area contributed by atoms with Crippen molar-refractivity contribution in [1.82, 2.24) is 4.90 Å². The van der Waals surface area contributed by atoms with Crippen molar-refractivity contribution in [3.63, 3.8) is 0 Å². The van der Waals surface area contributed by atoms with E-state index in [-0.39, 0.29) is 30.7 Å². The van der Waals surface area contributed by atoms with Crippen LogP contribution in [0.15, 0.2) is 102 Å². The summed E-state index contributed by atoms with van der Waals surface area (Å²) in [6, 6.07) is 30.8. The van der Waals surface area contributed by atoms with Gasteiger partial charge < -0.3 is 4.90 Å². The van der Waals surface area contributed by atoms with Crippen molar-refractivity contribution in [2.45, 2.75) is 38.3 Å². The number of benzene rings is 4. The standard InChI is InChI=1S/C34H28BrClN2O3/c1-22-11-16-30-27(17-22)34(19-23-12-14-26(35)15-13-23,33(41)37(30)20-24-7-3-2-4-8-24)28-18-31(39)38(32(28)40)21-25-9-5-6-10-29(25)36/h2-17,28H,18-21H2,1H3/t28-,34+/m0/s1. The second-order valence-corrected chi connectivity index (χ2v) is 12.2. The van der Waals surface area contributed by atoms with Crippen LogP contribution in [-0.2, 0) is 39.3 Å². The molecule has 0 bridgehead atoms. The maximum atomic E-state index is 14.8. The van der Waals surface area contributed by atoms with E-state index in [2.05, 4.69) is 15.9 Å². The van der Waals surface area contributed by atoms with Crippen molar-refractivity contribution in [3.05, 3.63) is 134 Å². The van der Waals surface area contributed by atoms with E-state index < -0.39 is 11.3 Å². The molecule has 1 fully saturated rings. The van der Waals surface area contributed by atoms with Crippen LogP contribution in [0.2, 0.25) is 5.02 Å². The van der Waals surface area contributed by atoms with Gasteiger partial charge in [-0.15, -0.1) is 0 Å². The predicted octanol–water partition coefficient (Wildman–Crippen LogP) is 7.01. The van der Waals surface area contributed by atoms with Gasteiger partial charge in [-0.3, -0.25) is 19.3 Å². The van der Waals surface area contributed by atoms with Crippen LogP contribution in [0.3, 0.4) is 0 Å². The Balaban J connectivity index is 1.48. The number of amides is 3. The Morgan fingerprint density at radius 1 is 0.829 bits per heavy atom. The molecule has 1 saturated heterocycles. The summed E-state index contributed by atoms with van der Waals surface area (Å²) in [7, 11) is 0. The zero-order valence-corrected chi connectivity index (χ0v) is 24.9. The first kappa shape index (κ1) is 27.4. The lowest BCUT2D eigenvalue weighted by atomic mass is 9.66. The van der Waals surface area contributed by atoms with Gasteiger partial charge in [-0.1, -0.05) is 106 Å². The monoisotopic (exact) mass is 626 g/mol. The molecule has 2 aliphatic heterocycles. The van der Waals surface area contributed by atoms with E-state index in [1.165, 1.54) is 4.90 Å². The van der Waals surface area contributed by atoms with Gasteiger partial charge in [-0.2, -0.15) is 0 Å². The maximum Gasteiger partial charge on any atom is 0.239 e. The maximum absolute atomic E-state index is 14.8. The minimum absolute atomic E-state index is 0.0435. The van der Waals surface area contributed by atoms with Crippen molar-refractivity contribution in [3.8, 4) is 0 Å². The van der Waals surface area contributed by atoms with E-state index in [9.17, 15) is 14.4 Å². The molecule has 6 rings (SSSR count). The van der Waals surface area contributed by atoms with Gasteiger partial charge in [-0.05, 0) is 59.9 Å². The third-order valence-corrected chi connectivity index (χ3v) is 9.15. The largest absolute Gasteiger partial charge is 0.307 e. The number of likely N-dealkylation sites (tertiary alicyclic amines) is 1. The number of imide groups is 1. The second-order valence-electron chi connectivity index (χ2n) is 10.8. The van der Waals surface area contributed by atoms with Crippen molar-refractivity contribution in [1.29, 1.82) is 0 Å². The molecule has 0 N–H and O–H groups in total. The van der Waals surface area contributed by atoms with E-state index in [0.717, 1.165) is 32.4 Å². The van der Waals surface area contributed by atoms with Gasteiger partial charge in [0.25, 0.3) is 0 Å². The highest BCUT2D eigenvalue weighted by Gasteiger charge is 2.61. The predicted molar refractivity (Wildman–Crippen MR) is 163 cm³/mol. The molecule has 0 unspecified atom stereocenters. The quantitative estimate of drug-likeness (QED) is 0.207. The molecular weight excluding hydrogens is 600 g/mol. The summed E-state index contributed by atoms with van der Waals surface area (Å²) in [6.07, 6.45) is 0.253. The fourth-order valence-corrected chi connectivity index (χ4v) is 6.68. The number of carbonyl (C=O) groups is 3. The average Bonchev–Trinajstić information content (AvgIpc) is 3.37. The van der Waals surface area contributed by atoms with Crippen molar-refractivity contribution < 1.29 is 14.4 Å². The van der Waals surface area contributed by atoms with Crippen molar-refractivity contribution in [2.75, 3.05) is 4.90 Å². The number of aryl methyl sites for hydroxylation is 1. The van der Waals surface area contributed by atoms with Crippen molar-refractivity contribution in [2.24, 2.45) is 5.92 Å². The molecule has 41 heavy (non-hydrogen) atoms. The number of hydrogen-bond acceptors (Lipinski definition) is 3. The smallest absolute Gasteiger partial charge is 0.239 e. The first-order valence-electron chi connectivity index (χ1n) is 13.6. The number of rotatable bonds is 7. The zero-order valence-electron chi connectivity index (χ0n) is 22.5. The molecule has 0 spiro atoms. The Kier molecular flexibility index (Phi) is 7.30. The van der Waals surface area contributed by atoms with Gasteiger partial charge in [0.2, 0.25) is 17.7 Å². The number of carbonyl (C=O) groups excluding carboxylic acids is 3. The van der Waals surface area contributed by atoms with Gasteiger partial charge in [0.15, 0.2) is 0 Å². The molecule has 5 nitrogen and oxygen atoms in total. The summed E-state index contributed by atoms with van der Waals surface area (Å²) in [6.45, 7) is 2.43. The normalized spacial score (nSPS) is 20.2. The number of hydrogen-bond donors (Lipinski definition) is 0. The molecule has 0 aliphatic carbocycles.